The van der Waals surface area contributed by atoms with Gasteiger partial charge in [-0.25, -0.2) is 0 Å². The number of nitrogens with one attached hydrogen (secondary N) is 1. The minimum Gasteiger partial charge on any atom is -0.352 e. The highest BCUT2D eigenvalue weighted by atomic mass is 35.5. The maximum Gasteiger partial charge on any atom is 0.242 e. The van der Waals surface area contributed by atoms with Crippen molar-refractivity contribution in [1.29, 1.82) is 0 Å². The van der Waals surface area contributed by atoms with Crippen molar-refractivity contribution in [2.24, 2.45) is 0 Å². The zero-order chi connectivity index (χ0) is 21.6. The lowest BCUT2D eigenvalue weighted by atomic mass is 10.1. The van der Waals surface area contributed by atoms with Gasteiger partial charge in [-0.05, 0) is 50.1 Å². The van der Waals surface area contributed by atoms with Crippen LogP contribution < -0.4 is 5.32 Å². The van der Waals surface area contributed by atoms with Gasteiger partial charge in [-0.2, -0.15) is 0 Å². The summed E-state index contributed by atoms with van der Waals surface area (Å²) in [6.45, 7) is 5.76. The second-order valence-electron chi connectivity index (χ2n) is 7.02. The first-order chi connectivity index (χ1) is 13.7. The highest BCUT2D eigenvalue weighted by Gasteiger charge is 2.28. The van der Waals surface area contributed by atoms with Crippen molar-refractivity contribution < 1.29 is 9.59 Å². The fourth-order valence-electron chi connectivity index (χ4n) is 2.78. The number of benzene rings is 2. The highest BCUT2D eigenvalue weighted by Crippen LogP contribution is 2.27. The highest BCUT2D eigenvalue weighted by molar-refractivity contribution is 6.36. The molecule has 0 saturated carbocycles. The Bertz CT molecular complexity index is 835. The second-order valence-corrected chi connectivity index (χ2v) is 8.27. The fourth-order valence-corrected chi connectivity index (χ4v) is 3.42. The predicted molar refractivity (Wildman–Crippen MR) is 120 cm³/mol. The molecule has 0 aliphatic rings. The van der Waals surface area contributed by atoms with Crippen LogP contribution in [0.5, 0.6) is 0 Å². The standard InChI is InChI=1S/C22H25Cl3N2O2/c1-4-14(2)26-22(29)15(3)27(13-18-19(24)6-5-7-20(18)25)21(28)12-16-8-10-17(23)11-9-16/h5-11,14-15H,4,12-13H2,1-3H3,(H,26,29)/t14-,15+/m0/s1. The third-order valence-electron chi connectivity index (χ3n) is 4.83. The molecule has 0 aliphatic heterocycles. The summed E-state index contributed by atoms with van der Waals surface area (Å²) in [4.78, 5) is 27.4. The molecular weight excluding hydrogens is 431 g/mol. The van der Waals surface area contributed by atoms with Gasteiger partial charge >= 0.3 is 0 Å². The molecule has 0 aromatic heterocycles. The molecule has 2 atom stereocenters. The van der Waals surface area contributed by atoms with E-state index in [0.717, 1.165) is 12.0 Å². The number of hydrogen-bond acceptors (Lipinski definition) is 2. The zero-order valence-electron chi connectivity index (χ0n) is 16.7. The molecule has 2 amide bonds. The normalized spacial score (nSPS) is 12.9. The number of hydrogen-bond donors (Lipinski definition) is 1. The van der Waals surface area contributed by atoms with E-state index < -0.39 is 6.04 Å². The van der Waals surface area contributed by atoms with Crippen LogP contribution in [-0.2, 0) is 22.6 Å². The van der Waals surface area contributed by atoms with E-state index >= 15 is 0 Å². The van der Waals surface area contributed by atoms with Crippen molar-refractivity contribution in [2.75, 3.05) is 0 Å². The van der Waals surface area contributed by atoms with E-state index in [0.29, 0.717) is 20.6 Å². The Morgan fingerprint density at radius 2 is 1.59 bits per heavy atom. The average molecular weight is 456 g/mol. The van der Waals surface area contributed by atoms with Gasteiger partial charge in [0.15, 0.2) is 0 Å². The molecule has 7 heteroatoms. The molecule has 4 nitrogen and oxygen atoms in total. The molecule has 0 fully saturated rings. The smallest absolute Gasteiger partial charge is 0.242 e. The summed E-state index contributed by atoms with van der Waals surface area (Å²) >= 11 is 18.5. The summed E-state index contributed by atoms with van der Waals surface area (Å²) in [6.07, 6.45) is 0.938. The van der Waals surface area contributed by atoms with Crippen LogP contribution in [0.2, 0.25) is 15.1 Å². The van der Waals surface area contributed by atoms with E-state index in [-0.39, 0.29) is 30.8 Å². The topological polar surface area (TPSA) is 49.4 Å². The molecule has 2 aromatic carbocycles. The fraction of sp³-hybridized carbons (Fsp3) is 0.364. The maximum atomic E-state index is 13.2. The van der Waals surface area contributed by atoms with Crippen LogP contribution >= 0.6 is 34.8 Å². The maximum absolute atomic E-state index is 13.2. The van der Waals surface area contributed by atoms with E-state index in [4.69, 9.17) is 34.8 Å². The second kappa shape index (κ2) is 10.9. The summed E-state index contributed by atoms with van der Waals surface area (Å²) in [5.41, 5.74) is 1.42. The molecule has 2 rings (SSSR count). The van der Waals surface area contributed by atoms with E-state index in [1.54, 1.807) is 49.4 Å². The largest absolute Gasteiger partial charge is 0.352 e. The average Bonchev–Trinajstić information content (AvgIpc) is 2.68. The van der Waals surface area contributed by atoms with Crippen LogP contribution in [0.15, 0.2) is 42.5 Å². The molecule has 156 valence electrons. The van der Waals surface area contributed by atoms with E-state index in [1.807, 2.05) is 13.8 Å². The SMILES string of the molecule is CC[C@H](C)NC(=O)[C@@H](C)N(Cc1c(Cl)cccc1Cl)C(=O)Cc1ccc(Cl)cc1. The summed E-state index contributed by atoms with van der Waals surface area (Å²) < 4.78 is 0. The summed E-state index contributed by atoms with van der Waals surface area (Å²) in [5.74, 6) is -0.415. The molecule has 0 radical (unpaired) electrons. The van der Waals surface area contributed by atoms with Gasteiger partial charge in [0.25, 0.3) is 0 Å². The van der Waals surface area contributed by atoms with Crippen LogP contribution in [0.25, 0.3) is 0 Å². The van der Waals surface area contributed by atoms with E-state index in [1.165, 1.54) is 4.90 Å². The molecule has 0 saturated heterocycles. The Hall–Kier alpha value is -1.75. The van der Waals surface area contributed by atoms with Gasteiger partial charge in [-0.1, -0.05) is 59.9 Å². The first kappa shape index (κ1) is 23.5. The summed E-state index contributed by atoms with van der Waals surface area (Å²) in [7, 11) is 0. The number of nitrogens with zero attached hydrogens (tertiary/aromatic N) is 1. The van der Waals surface area contributed by atoms with E-state index in [9.17, 15) is 9.59 Å². The van der Waals surface area contributed by atoms with Crippen LogP contribution in [0.3, 0.4) is 0 Å². The number of carbonyl (C=O) groups excluding carboxylic acids is 2. The Kier molecular flexibility index (Phi) is 8.81. The van der Waals surface area contributed by atoms with Crippen molar-refractivity contribution in [1.82, 2.24) is 10.2 Å². The molecule has 0 unspecified atom stereocenters. The molecule has 0 aliphatic carbocycles. The van der Waals surface area contributed by atoms with Gasteiger partial charge in [0.05, 0.1) is 6.42 Å². The lowest BCUT2D eigenvalue weighted by molar-refractivity contribution is -0.140. The summed E-state index contributed by atoms with van der Waals surface area (Å²) in [6, 6.07) is 11.6. The lowest BCUT2D eigenvalue weighted by Gasteiger charge is -2.30. The first-order valence-corrected chi connectivity index (χ1v) is 10.6. The quantitative estimate of drug-likeness (QED) is 0.569. The van der Waals surface area contributed by atoms with Crippen molar-refractivity contribution in [3.8, 4) is 0 Å². The number of amides is 2. The molecule has 0 heterocycles. The van der Waals surface area contributed by atoms with Crippen molar-refractivity contribution in [2.45, 2.75) is 52.2 Å². The number of halogens is 3. The van der Waals surface area contributed by atoms with Gasteiger partial charge in [-0.3, -0.25) is 9.59 Å². The van der Waals surface area contributed by atoms with Gasteiger partial charge < -0.3 is 10.2 Å². The van der Waals surface area contributed by atoms with Gasteiger partial charge in [0.2, 0.25) is 11.8 Å². The minimum absolute atomic E-state index is 0.0158. The Morgan fingerprint density at radius 1 is 1.00 bits per heavy atom. The van der Waals surface area contributed by atoms with Crippen molar-refractivity contribution in [3.05, 3.63) is 68.7 Å². The Balaban J connectivity index is 2.29. The van der Waals surface area contributed by atoms with Crippen molar-refractivity contribution in [3.63, 3.8) is 0 Å². The van der Waals surface area contributed by atoms with Crippen LogP contribution in [0.4, 0.5) is 0 Å². The Morgan fingerprint density at radius 3 is 2.14 bits per heavy atom. The van der Waals surface area contributed by atoms with Crippen LogP contribution in [0.1, 0.15) is 38.3 Å². The third-order valence-corrected chi connectivity index (χ3v) is 5.79. The predicted octanol–water partition coefficient (Wildman–Crippen LogP) is 5.52. The van der Waals surface area contributed by atoms with E-state index in [2.05, 4.69) is 5.32 Å². The monoisotopic (exact) mass is 454 g/mol. The zero-order valence-corrected chi connectivity index (χ0v) is 19.0. The van der Waals surface area contributed by atoms with Crippen LogP contribution in [-0.4, -0.2) is 28.8 Å². The minimum atomic E-state index is -0.684. The lowest BCUT2D eigenvalue weighted by Crippen LogP contribution is -2.50. The third kappa shape index (κ3) is 6.63. The van der Waals surface area contributed by atoms with Crippen LogP contribution in [0, 0.1) is 0 Å². The first-order valence-electron chi connectivity index (χ1n) is 9.50. The molecule has 29 heavy (non-hydrogen) atoms. The molecule has 2 aromatic rings. The number of carbonyl (C=O) groups is 2. The molecule has 0 bridgehead atoms. The molecular formula is C22H25Cl3N2O2. The molecule has 1 N–H and O–H groups in total. The van der Waals surface area contributed by atoms with Gasteiger partial charge in [0.1, 0.15) is 6.04 Å². The summed E-state index contributed by atoms with van der Waals surface area (Å²) in [5, 5.41) is 4.44. The number of rotatable bonds is 8. The van der Waals surface area contributed by atoms with Crippen molar-refractivity contribution >= 4 is 46.6 Å². The molecule has 0 spiro atoms. The Labute approximate surface area is 187 Å². The van der Waals surface area contributed by atoms with Gasteiger partial charge in [0, 0.05) is 33.2 Å². The van der Waals surface area contributed by atoms with Gasteiger partial charge in [-0.15, -0.1) is 0 Å².